The molecule has 0 aliphatic rings. The lowest BCUT2D eigenvalue weighted by Gasteiger charge is -2.19. The van der Waals surface area contributed by atoms with Crippen LogP contribution in [0.25, 0.3) is 0 Å². The summed E-state index contributed by atoms with van der Waals surface area (Å²) in [5.41, 5.74) is 0.902. The largest absolute Gasteiger partial charge is 0.383 e. The highest BCUT2D eigenvalue weighted by molar-refractivity contribution is 6.42. The number of hydrogen-bond donors (Lipinski definition) is 1. The van der Waals surface area contributed by atoms with E-state index < -0.39 is 0 Å². The molecule has 1 N–H and O–H groups in total. The summed E-state index contributed by atoms with van der Waals surface area (Å²) in [6.45, 7) is 3.24. The Morgan fingerprint density at radius 2 is 2.15 bits per heavy atom. The first-order valence-corrected chi connectivity index (χ1v) is 7.09. The highest BCUT2D eigenvalue weighted by Crippen LogP contribution is 2.26. The zero-order valence-electron chi connectivity index (χ0n) is 12.0. The predicted octanol–water partition coefficient (Wildman–Crippen LogP) is 2.58. The number of ether oxygens (including phenoxy) is 1. The van der Waals surface area contributed by atoms with Gasteiger partial charge in [-0.1, -0.05) is 35.3 Å². The van der Waals surface area contributed by atoms with Crippen molar-refractivity contribution in [1.82, 2.24) is 10.2 Å². The summed E-state index contributed by atoms with van der Waals surface area (Å²) < 4.78 is 4.97. The van der Waals surface area contributed by atoms with Crippen molar-refractivity contribution in [2.75, 3.05) is 27.3 Å². The Kier molecular flexibility index (Phi) is 7.30. The third kappa shape index (κ3) is 5.67. The van der Waals surface area contributed by atoms with Crippen LogP contribution in [0.5, 0.6) is 0 Å². The van der Waals surface area contributed by atoms with Crippen molar-refractivity contribution in [2.45, 2.75) is 19.5 Å². The van der Waals surface area contributed by atoms with Crippen LogP contribution >= 0.6 is 23.2 Å². The Balaban J connectivity index is 2.49. The van der Waals surface area contributed by atoms with Gasteiger partial charge >= 0.3 is 0 Å². The molecule has 20 heavy (non-hydrogen) atoms. The van der Waals surface area contributed by atoms with Gasteiger partial charge in [0.2, 0.25) is 5.91 Å². The molecule has 0 aliphatic carbocycles. The van der Waals surface area contributed by atoms with E-state index in [1.165, 1.54) is 0 Å². The van der Waals surface area contributed by atoms with E-state index in [4.69, 9.17) is 27.9 Å². The summed E-state index contributed by atoms with van der Waals surface area (Å²) in [4.78, 5) is 13.7. The SMILES string of the molecule is COC[C@@H](C)NC(=O)CN(C)Cc1cccc(Cl)c1Cl. The van der Waals surface area contributed by atoms with Crippen molar-refractivity contribution in [3.8, 4) is 0 Å². The molecule has 0 saturated heterocycles. The van der Waals surface area contributed by atoms with Crippen LogP contribution in [0.4, 0.5) is 0 Å². The number of halogens is 2. The fraction of sp³-hybridized carbons (Fsp3) is 0.500. The van der Waals surface area contributed by atoms with Gasteiger partial charge in [-0.05, 0) is 25.6 Å². The van der Waals surface area contributed by atoms with Gasteiger partial charge in [0.25, 0.3) is 0 Å². The van der Waals surface area contributed by atoms with Gasteiger partial charge in [-0.2, -0.15) is 0 Å². The highest BCUT2D eigenvalue weighted by atomic mass is 35.5. The van der Waals surface area contributed by atoms with Crippen LogP contribution in [0.3, 0.4) is 0 Å². The van der Waals surface area contributed by atoms with E-state index in [9.17, 15) is 4.79 Å². The van der Waals surface area contributed by atoms with Crippen LogP contribution in [0.1, 0.15) is 12.5 Å². The molecule has 0 aromatic heterocycles. The van der Waals surface area contributed by atoms with E-state index in [1.54, 1.807) is 13.2 Å². The second-order valence-corrected chi connectivity index (χ2v) is 5.59. The first kappa shape index (κ1) is 17.2. The van der Waals surface area contributed by atoms with E-state index in [-0.39, 0.29) is 18.5 Å². The summed E-state index contributed by atoms with van der Waals surface area (Å²) in [7, 11) is 3.47. The predicted molar refractivity (Wildman–Crippen MR) is 82.3 cm³/mol. The summed E-state index contributed by atoms with van der Waals surface area (Å²) >= 11 is 12.1. The van der Waals surface area contributed by atoms with Crippen LogP contribution in [0, 0.1) is 0 Å². The fourth-order valence-corrected chi connectivity index (χ4v) is 2.25. The quantitative estimate of drug-likeness (QED) is 0.840. The molecule has 0 heterocycles. The molecule has 1 aromatic carbocycles. The number of hydrogen-bond acceptors (Lipinski definition) is 3. The van der Waals surface area contributed by atoms with E-state index >= 15 is 0 Å². The first-order valence-electron chi connectivity index (χ1n) is 6.33. The summed E-state index contributed by atoms with van der Waals surface area (Å²) in [6, 6.07) is 5.48. The van der Waals surface area contributed by atoms with Crippen LogP contribution < -0.4 is 5.32 Å². The lowest BCUT2D eigenvalue weighted by atomic mass is 10.2. The number of nitrogens with zero attached hydrogens (tertiary/aromatic N) is 1. The number of rotatable bonds is 7. The van der Waals surface area contributed by atoms with Crippen LogP contribution in [-0.2, 0) is 16.1 Å². The third-order valence-electron chi connectivity index (χ3n) is 2.71. The molecule has 0 fully saturated rings. The maximum absolute atomic E-state index is 11.8. The lowest BCUT2D eigenvalue weighted by Crippen LogP contribution is -2.41. The molecular formula is C14H20Cl2N2O2. The normalized spacial score (nSPS) is 12.5. The van der Waals surface area contributed by atoms with Gasteiger partial charge in [-0.25, -0.2) is 0 Å². The fourth-order valence-electron chi connectivity index (χ4n) is 1.87. The second kappa shape index (κ2) is 8.47. The molecule has 0 bridgehead atoms. The minimum Gasteiger partial charge on any atom is -0.383 e. The molecule has 0 unspecified atom stereocenters. The van der Waals surface area contributed by atoms with Gasteiger partial charge in [0.1, 0.15) is 0 Å². The van der Waals surface area contributed by atoms with E-state index in [0.717, 1.165) is 5.56 Å². The van der Waals surface area contributed by atoms with Gasteiger partial charge < -0.3 is 10.1 Å². The molecule has 0 radical (unpaired) electrons. The number of carbonyl (C=O) groups excluding carboxylic acids is 1. The second-order valence-electron chi connectivity index (χ2n) is 4.81. The van der Waals surface area contributed by atoms with Crippen molar-refractivity contribution in [3.05, 3.63) is 33.8 Å². The van der Waals surface area contributed by atoms with Crippen molar-refractivity contribution in [1.29, 1.82) is 0 Å². The van der Waals surface area contributed by atoms with Gasteiger partial charge in [-0.3, -0.25) is 9.69 Å². The summed E-state index contributed by atoms with van der Waals surface area (Å²) in [6.07, 6.45) is 0. The monoisotopic (exact) mass is 318 g/mol. The van der Waals surface area contributed by atoms with Crippen molar-refractivity contribution >= 4 is 29.1 Å². The summed E-state index contributed by atoms with van der Waals surface area (Å²) in [5.74, 6) is -0.0461. The maximum Gasteiger partial charge on any atom is 0.234 e. The molecule has 0 spiro atoms. The zero-order valence-corrected chi connectivity index (χ0v) is 13.5. The van der Waals surface area contributed by atoms with E-state index in [1.807, 2.05) is 31.0 Å². The molecule has 0 aliphatic heterocycles. The molecule has 0 saturated carbocycles. The molecule has 112 valence electrons. The van der Waals surface area contributed by atoms with Gasteiger partial charge in [-0.15, -0.1) is 0 Å². The number of methoxy groups -OCH3 is 1. The number of nitrogens with one attached hydrogen (secondary N) is 1. The van der Waals surface area contributed by atoms with Crippen LogP contribution in [0.2, 0.25) is 10.0 Å². The average Bonchev–Trinajstić information content (AvgIpc) is 2.34. The Bertz CT molecular complexity index is 455. The minimum absolute atomic E-state index is 0.00402. The average molecular weight is 319 g/mol. The molecule has 1 atom stereocenters. The molecule has 1 amide bonds. The number of carbonyl (C=O) groups is 1. The number of amides is 1. The topological polar surface area (TPSA) is 41.6 Å². The standard InChI is InChI=1S/C14H20Cl2N2O2/c1-10(9-20-3)17-13(19)8-18(2)7-11-5-4-6-12(15)14(11)16/h4-6,10H,7-9H2,1-3H3,(H,17,19)/t10-/m1/s1. The molecule has 6 heteroatoms. The smallest absolute Gasteiger partial charge is 0.234 e. The minimum atomic E-state index is -0.0461. The summed E-state index contributed by atoms with van der Waals surface area (Å²) in [5, 5.41) is 3.92. The number of benzene rings is 1. The Hall–Kier alpha value is -0.810. The Morgan fingerprint density at radius 3 is 2.80 bits per heavy atom. The highest BCUT2D eigenvalue weighted by Gasteiger charge is 2.12. The van der Waals surface area contributed by atoms with E-state index in [2.05, 4.69) is 5.32 Å². The Labute approximate surface area is 130 Å². The van der Waals surface area contributed by atoms with Crippen LogP contribution in [0.15, 0.2) is 18.2 Å². The van der Waals surface area contributed by atoms with Gasteiger partial charge in [0, 0.05) is 19.7 Å². The van der Waals surface area contributed by atoms with Gasteiger partial charge in [0.05, 0.1) is 23.2 Å². The van der Waals surface area contributed by atoms with Crippen LogP contribution in [-0.4, -0.2) is 44.2 Å². The van der Waals surface area contributed by atoms with Crippen molar-refractivity contribution in [2.24, 2.45) is 0 Å². The zero-order chi connectivity index (χ0) is 15.1. The molecular weight excluding hydrogens is 299 g/mol. The first-order chi connectivity index (χ1) is 9.43. The van der Waals surface area contributed by atoms with E-state index in [0.29, 0.717) is 23.2 Å². The van der Waals surface area contributed by atoms with Gasteiger partial charge in [0.15, 0.2) is 0 Å². The molecule has 1 aromatic rings. The Morgan fingerprint density at radius 1 is 1.45 bits per heavy atom. The lowest BCUT2D eigenvalue weighted by molar-refractivity contribution is -0.123. The van der Waals surface area contributed by atoms with Crippen molar-refractivity contribution < 1.29 is 9.53 Å². The third-order valence-corrected chi connectivity index (χ3v) is 3.57. The molecule has 1 rings (SSSR count). The molecule has 4 nitrogen and oxygen atoms in total. The maximum atomic E-state index is 11.8. The number of likely N-dealkylation sites (N-methyl/N-ethyl adjacent to an activating group) is 1. The van der Waals surface area contributed by atoms with Crippen molar-refractivity contribution in [3.63, 3.8) is 0 Å².